The number of rotatable bonds is 4. The molecule has 128 valence electrons. The normalized spacial score (nSPS) is 11.6. The van der Waals surface area contributed by atoms with Crippen LogP contribution in [0.4, 0.5) is 5.69 Å². The Morgan fingerprint density at radius 3 is 2.56 bits per heavy atom. The number of nitro groups is 1. The molecule has 0 aliphatic heterocycles. The van der Waals surface area contributed by atoms with Gasteiger partial charge in [0.15, 0.2) is 5.69 Å². The second-order valence-electron chi connectivity index (χ2n) is 4.95. The molecule has 2 aromatic carbocycles. The van der Waals surface area contributed by atoms with E-state index in [2.05, 4.69) is 5.10 Å². The summed E-state index contributed by atoms with van der Waals surface area (Å²) in [5.74, 6) is -0.896. The molecule has 0 spiro atoms. The maximum absolute atomic E-state index is 12.9. The first-order valence-electron chi connectivity index (χ1n) is 6.70. The largest absolute Gasteiger partial charge is 0.364 e. The fraction of sp³-hybridized carbons (Fsp3) is 0. The molecule has 1 aromatic heterocycles. The number of carbonyl (C=O) groups excluding carboxylic acids is 1. The average Bonchev–Trinajstić information content (AvgIpc) is 2.95. The second kappa shape index (κ2) is 5.83. The third-order valence-electron chi connectivity index (χ3n) is 3.43. The standard InChI is InChI=1S/C14H9ClN4O5S/c15-10-6-5-8(7-12(10)19(21)22)25(23,24)18-11-4-2-1-3-9(11)13(17-18)14(16)20/h1-7H,(H2,16,20). The van der Waals surface area contributed by atoms with Gasteiger partial charge >= 0.3 is 0 Å². The minimum atomic E-state index is -4.32. The molecule has 0 saturated carbocycles. The van der Waals surface area contributed by atoms with E-state index in [1.54, 1.807) is 12.1 Å². The maximum Gasteiger partial charge on any atom is 0.289 e. The molecule has 3 aromatic rings. The van der Waals surface area contributed by atoms with Gasteiger partial charge in [0.05, 0.1) is 15.3 Å². The molecule has 0 atom stereocenters. The summed E-state index contributed by atoms with van der Waals surface area (Å²) in [6.45, 7) is 0. The molecule has 1 amide bonds. The van der Waals surface area contributed by atoms with E-state index in [9.17, 15) is 23.3 Å². The number of halogens is 1. The van der Waals surface area contributed by atoms with Gasteiger partial charge in [0.2, 0.25) is 0 Å². The van der Waals surface area contributed by atoms with Gasteiger partial charge in [-0.3, -0.25) is 14.9 Å². The van der Waals surface area contributed by atoms with Crippen molar-refractivity contribution in [1.82, 2.24) is 9.19 Å². The number of fused-ring (bicyclic) bond motifs is 1. The van der Waals surface area contributed by atoms with Gasteiger partial charge in [-0.05, 0) is 18.2 Å². The van der Waals surface area contributed by atoms with Crippen LogP contribution in [0.25, 0.3) is 10.9 Å². The summed E-state index contributed by atoms with van der Waals surface area (Å²) in [6, 6.07) is 9.15. The lowest BCUT2D eigenvalue weighted by molar-refractivity contribution is -0.384. The monoisotopic (exact) mass is 380 g/mol. The molecular formula is C14H9ClN4O5S. The molecule has 0 aliphatic rings. The fourth-order valence-corrected chi connectivity index (χ4v) is 3.79. The summed E-state index contributed by atoms with van der Waals surface area (Å²) in [6.07, 6.45) is 0. The Morgan fingerprint density at radius 2 is 1.92 bits per heavy atom. The van der Waals surface area contributed by atoms with Crippen LogP contribution in [-0.4, -0.2) is 28.4 Å². The molecule has 9 nitrogen and oxygen atoms in total. The van der Waals surface area contributed by atoms with Gasteiger partial charge in [0.25, 0.3) is 21.6 Å². The highest BCUT2D eigenvalue weighted by Gasteiger charge is 2.27. The lowest BCUT2D eigenvalue weighted by Gasteiger charge is -2.06. The highest BCUT2D eigenvalue weighted by atomic mass is 35.5. The van der Waals surface area contributed by atoms with Crippen molar-refractivity contribution in [3.05, 3.63) is 63.3 Å². The van der Waals surface area contributed by atoms with E-state index in [-0.39, 0.29) is 21.6 Å². The number of para-hydroxylation sites is 1. The van der Waals surface area contributed by atoms with Gasteiger partial charge in [-0.2, -0.15) is 17.6 Å². The molecule has 0 radical (unpaired) electrons. The van der Waals surface area contributed by atoms with Gasteiger partial charge in [-0.25, -0.2) is 0 Å². The zero-order chi connectivity index (χ0) is 18.4. The summed E-state index contributed by atoms with van der Waals surface area (Å²) in [5, 5.41) is 14.8. The number of primary amides is 1. The van der Waals surface area contributed by atoms with Crippen molar-refractivity contribution in [2.45, 2.75) is 4.90 Å². The van der Waals surface area contributed by atoms with Crippen LogP contribution in [0.2, 0.25) is 5.02 Å². The topological polar surface area (TPSA) is 138 Å². The Balaban J connectivity index is 2.29. The molecule has 25 heavy (non-hydrogen) atoms. The van der Waals surface area contributed by atoms with E-state index >= 15 is 0 Å². The number of carbonyl (C=O) groups is 1. The fourth-order valence-electron chi connectivity index (χ4n) is 2.30. The van der Waals surface area contributed by atoms with Gasteiger partial charge in [0, 0.05) is 11.5 Å². The van der Waals surface area contributed by atoms with E-state index in [0.29, 0.717) is 4.09 Å². The minimum Gasteiger partial charge on any atom is -0.364 e. The van der Waals surface area contributed by atoms with E-state index in [1.165, 1.54) is 12.1 Å². The molecule has 0 bridgehead atoms. The molecule has 3 rings (SSSR count). The molecule has 11 heteroatoms. The van der Waals surface area contributed by atoms with Crippen LogP contribution in [0.5, 0.6) is 0 Å². The zero-order valence-corrected chi connectivity index (χ0v) is 13.9. The van der Waals surface area contributed by atoms with Crippen LogP contribution in [0, 0.1) is 10.1 Å². The third-order valence-corrected chi connectivity index (χ3v) is 5.33. The molecule has 2 N–H and O–H groups in total. The SMILES string of the molecule is NC(=O)c1nn(S(=O)(=O)c2ccc(Cl)c([N+](=O)[O-])c2)c2ccccc12. The number of amides is 1. The summed E-state index contributed by atoms with van der Waals surface area (Å²) in [5.41, 5.74) is 4.58. The molecule has 0 unspecified atom stereocenters. The van der Waals surface area contributed by atoms with Crippen LogP contribution in [0.1, 0.15) is 10.5 Å². The van der Waals surface area contributed by atoms with Crippen LogP contribution in [0.3, 0.4) is 0 Å². The Labute approximate surface area is 145 Å². The summed E-state index contributed by atoms with van der Waals surface area (Å²) < 4.78 is 26.3. The van der Waals surface area contributed by atoms with Crippen LogP contribution in [0.15, 0.2) is 47.4 Å². The first-order valence-corrected chi connectivity index (χ1v) is 8.52. The van der Waals surface area contributed by atoms with Crippen molar-refractivity contribution in [2.24, 2.45) is 5.73 Å². The van der Waals surface area contributed by atoms with Gasteiger partial charge in [-0.1, -0.05) is 29.8 Å². The molecule has 0 aliphatic carbocycles. The van der Waals surface area contributed by atoms with Gasteiger partial charge < -0.3 is 5.73 Å². The Morgan fingerprint density at radius 1 is 1.24 bits per heavy atom. The Bertz CT molecular complexity index is 1140. The lowest BCUT2D eigenvalue weighted by atomic mass is 10.2. The predicted octanol–water partition coefficient (Wildman–Crippen LogP) is 1.93. The number of nitro benzene ring substituents is 1. The quantitative estimate of drug-likeness (QED) is 0.542. The number of nitrogens with zero attached hydrogens (tertiary/aromatic N) is 3. The first-order chi connectivity index (χ1) is 11.7. The Kier molecular flexibility index (Phi) is 3.93. The lowest BCUT2D eigenvalue weighted by Crippen LogP contribution is -2.17. The summed E-state index contributed by atoms with van der Waals surface area (Å²) >= 11 is 5.71. The van der Waals surface area contributed by atoms with E-state index < -0.39 is 31.4 Å². The smallest absolute Gasteiger partial charge is 0.289 e. The van der Waals surface area contributed by atoms with Crippen molar-refractivity contribution in [1.29, 1.82) is 0 Å². The van der Waals surface area contributed by atoms with Gasteiger partial charge in [-0.15, -0.1) is 0 Å². The van der Waals surface area contributed by atoms with Crippen molar-refractivity contribution < 1.29 is 18.1 Å². The van der Waals surface area contributed by atoms with E-state index in [1.807, 2.05) is 0 Å². The Hall–Kier alpha value is -2.98. The average molecular weight is 381 g/mol. The highest BCUT2D eigenvalue weighted by Crippen LogP contribution is 2.29. The van der Waals surface area contributed by atoms with Crippen molar-refractivity contribution in [3.8, 4) is 0 Å². The summed E-state index contributed by atoms with van der Waals surface area (Å²) in [4.78, 5) is 21.3. The van der Waals surface area contributed by atoms with Gasteiger partial charge in [0.1, 0.15) is 5.02 Å². The third kappa shape index (κ3) is 2.71. The molecule has 1 heterocycles. The molecular weight excluding hydrogens is 372 g/mol. The van der Waals surface area contributed by atoms with Crippen molar-refractivity contribution in [2.75, 3.05) is 0 Å². The van der Waals surface area contributed by atoms with Crippen molar-refractivity contribution >= 4 is 44.1 Å². The summed E-state index contributed by atoms with van der Waals surface area (Å²) in [7, 11) is -4.32. The number of hydrogen-bond donors (Lipinski definition) is 1. The number of aromatic nitrogens is 2. The van der Waals surface area contributed by atoms with Crippen LogP contribution < -0.4 is 5.73 Å². The number of nitrogens with two attached hydrogens (primary N) is 1. The zero-order valence-electron chi connectivity index (χ0n) is 12.3. The molecule has 0 fully saturated rings. The van der Waals surface area contributed by atoms with Crippen LogP contribution in [-0.2, 0) is 10.0 Å². The number of benzene rings is 2. The second-order valence-corrected chi connectivity index (χ2v) is 7.12. The van der Waals surface area contributed by atoms with Crippen molar-refractivity contribution in [3.63, 3.8) is 0 Å². The first kappa shape index (κ1) is 16.9. The van der Waals surface area contributed by atoms with E-state index in [0.717, 1.165) is 18.2 Å². The predicted molar refractivity (Wildman–Crippen MR) is 88.9 cm³/mol. The molecule has 0 saturated heterocycles. The van der Waals surface area contributed by atoms with Crippen LogP contribution >= 0.6 is 11.6 Å². The highest BCUT2D eigenvalue weighted by molar-refractivity contribution is 7.90. The minimum absolute atomic E-state index is 0.119. The van der Waals surface area contributed by atoms with E-state index in [4.69, 9.17) is 17.3 Å². The number of hydrogen-bond acceptors (Lipinski definition) is 6. The maximum atomic E-state index is 12.9.